The van der Waals surface area contributed by atoms with Crippen molar-refractivity contribution in [3.05, 3.63) is 0 Å². The molecule has 0 aromatic carbocycles. The van der Waals surface area contributed by atoms with Crippen LogP contribution < -0.4 is 5.32 Å². The summed E-state index contributed by atoms with van der Waals surface area (Å²) in [5.74, 6) is 0. The summed E-state index contributed by atoms with van der Waals surface area (Å²) in [5, 5.41) is 3.44. The van der Waals surface area contributed by atoms with Crippen LogP contribution in [0.25, 0.3) is 0 Å². The molecule has 2 fully saturated rings. The molecule has 1 N–H and O–H groups in total. The molecule has 2 aliphatic rings. The van der Waals surface area contributed by atoms with Gasteiger partial charge in [-0.1, -0.05) is 12.8 Å². The summed E-state index contributed by atoms with van der Waals surface area (Å²) >= 11 is 0. The molecule has 1 unspecified atom stereocenters. The van der Waals surface area contributed by atoms with Gasteiger partial charge in [0.25, 0.3) is 0 Å². The van der Waals surface area contributed by atoms with Crippen LogP contribution in [-0.2, 0) is 0 Å². The highest BCUT2D eigenvalue weighted by atomic mass is 15.0. The molecule has 0 aromatic rings. The van der Waals surface area contributed by atoms with Crippen molar-refractivity contribution in [2.45, 2.75) is 38.6 Å². The van der Waals surface area contributed by atoms with Gasteiger partial charge in [-0.3, -0.25) is 0 Å². The fourth-order valence-electron chi connectivity index (χ4n) is 2.28. The van der Waals surface area contributed by atoms with E-state index in [-0.39, 0.29) is 0 Å². The largest absolute Gasteiger partial charge is 0.313 e. The van der Waals surface area contributed by atoms with Gasteiger partial charge in [0.15, 0.2) is 0 Å². The smallest absolute Gasteiger partial charge is 0.0108 e. The first-order valence-electron chi connectivity index (χ1n) is 4.07. The minimum atomic E-state index is 0.764. The first-order chi connectivity index (χ1) is 4.33. The summed E-state index contributed by atoms with van der Waals surface area (Å²) in [6.07, 6.45) is 5.93. The lowest BCUT2D eigenvalue weighted by Crippen LogP contribution is -2.59. The summed E-state index contributed by atoms with van der Waals surface area (Å²) < 4.78 is 0. The van der Waals surface area contributed by atoms with E-state index < -0.39 is 0 Å². The van der Waals surface area contributed by atoms with Gasteiger partial charge in [0.1, 0.15) is 0 Å². The highest BCUT2D eigenvalue weighted by Gasteiger charge is 2.45. The fraction of sp³-hybridized carbons (Fsp3) is 1.00. The lowest BCUT2D eigenvalue weighted by Gasteiger charge is -2.46. The Morgan fingerprint density at radius 2 is 2.00 bits per heavy atom. The molecule has 1 atom stereocenters. The molecule has 9 heavy (non-hydrogen) atoms. The SMILES string of the molecule is CC1NCC12CCCC2. The zero-order chi connectivity index (χ0) is 6.32. The van der Waals surface area contributed by atoms with Crippen LogP contribution in [0.4, 0.5) is 0 Å². The molecule has 1 nitrogen and oxygen atoms in total. The lowest BCUT2D eigenvalue weighted by molar-refractivity contribution is 0.103. The van der Waals surface area contributed by atoms with Crippen molar-refractivity contribution in [3.63, 3.8) is 0 Å². The Hall–Kier alpha value is -0.0400. The fourth-order valence-corrected chi connectivity index (χ4v) is 2.28. The molecule has 0 aromatic heterocycles. The van der Waals surface area contributed by atoms with E-state index in [1.54, 1.807) is 0 Å². The van der Waals surface area contributed by atoms with Crippen LogP contribution in [0.2, 0.25) is 0 Å². The zero-order valence-electron chi connectivity index (χ0n) is 6.11. The van der Waals surface area contributed by atoms with Crippen LogP contribution in [-0.4, -0.2) is 12.6 Å². The first kappa shape index (κ1) is 5.72. The van der Waals surface area contributed by atoms with Gasteiger partial charge in [-0.25, -0.2) is 0 Å². The first-order valence-corrected chi connectivity index (χ1v) is 4.07. The molecule has 1 saturated heterocycles. The van der Waals surface area contributed by atoms with Crippen LogP contribution in [0.1, 0.15) is 32.6 Å². The highest BCUT2D eigenvalue weighted by molar-refractivity contribution is 5.01. The second kappa shape index (κ2) is 1.72. The lowest BCUT2D eigenvalue weighted by atomic mass is 9.73. The van der Waals surface area contributed by atoms with Crippen LogP contribution in [0.3, 0.4) is 0 Å². The van der Waals surface area contributed by atoms with Crippen molar-refractivity contribution in [2.75, 3.05) is 6.54 Å². The van der Waals surface area contributed by atoms with E-state index in [1.807, 2.05) is 0 Å². The minimum absolute atomic E-state index is 0.764. The van der Waals surface area contributed by atoms with E-state index in [0.717, 1.165) is 11.5 Å². The van der Waals surface area contributed by atoms with Gasteiger partial charge in [-0.05, 0) is 25.2 Å². The third-order valence-electron chi connectivity index (χ3n) is 3.28. The molecule has 0 radical (unpaired) electrons. The van der Waals surface area contributed by atoms with Crippen molar-refractivity contribution in [1.29, 1.82) is 0 Å². The average Bonchev–Trinajstić information content (AvgIpc) is 2.34. The van der Waals surface area contributed by atoms with E-state index in [4.69, 9.17) is 0 Å². The Balaban J connectivity index is 2.06. The number of hydrogen-bond acceptors (Lipinski definition) is 1. The highest BCUT2D eigenvalue weighted by Crippen LogP contribution is 2.44. The average molecular weight is 125 g/mol. The second-order valence-corrected chi connectivity index (χ2v) is 3.67. The molecule has 1 saturated carbocycles. The van der Waals surface area contributed by atoms with Gasteiger partial charge >= 0.3 is 0 Å². The van der Waals surface area contributed by atoms with E-state index in [1.165, 1.54) is 32.2 Å². The van der Waals surface area contributed by atoms with Gasteiger partial charge in [0.05, 0.1) is 0 Å². The Labute approximate surface area is 56.8 Å². The van der Waals surface area contributed by atoms with Gasteiger partial charge in [-0.2, -0.15) is 0 Å². The Morgan fingerprint density at radius 1 is 1.33 bits per heavy atom. The molecule has 1 heteroatoms. The summed E-state index contributed by atoms with van der Waals surface area (Å²) in [4.78, 5) is 0. The van der Waals surface area contributed by atoms with E-state index in [9.17, 15) is 0 Å². The predicted molar refractivity (Wildman–Crippen MR) is 38.4 cm³/mol. The normalized spacial score (nSPS) is 39.0. The van der Waals surface area contributed by atoms with Crippen LogP contribution >= 0.6 is 0 Å². The summed E-state index contributed by atoms with van der Waals surface area (Å²) in [6, 6.07) is 0.819. The third-order valence-corrected chi connectivity index (χ3v) is 3.28. The van der Waals surface area contributed by atoms with Crippen molar-refractivity contribution in [3.8, 4) is 0 Å². The van der Waals surface area contributed by atoms with Gasteiger partial charge in [0, 0.05) is 12.6 Å². The van der Waals surface area contributed by atoms with Crippen LogP contribution in [0, 0.1) is 5.41 Å². The second-order valence-electron chi connectivity index (χ2n) is 3.67. The quantitative estimate of drug-likeness (QED) is 0.518. The maximum atomic E-state index is 3.44. The van der Waals surface area contributed by atoms with E-state index in [2.05, 4.69) is 12.2 Å². The number of nitrogens with one attached hydrogen (secondary N) is 1. The molecule has 1 aliphatic heterocycles. The Bertz CT molecular complexity index is 114. The Kier molecular flexibility index (Phi) is 1.10. The maximum Gasteiger partial charge on any atom is 0.0108 e. The van der Waals surface area contributed by atoms with Crippen LogP contribution in [0.5, 0.6) is 0 Å². The minimum Gasteiger partial charge on any atom is -0.313 e. The van der Waals surface area contributed by atoms with Crippen molar-refractivity contribution < 1.29 is 0 Å². The van der Waals surface area contributed by atoms with Gasteiger partial charge in [0.2, 0.25) is 0 Å². The van der Waals surface area contributed by atoms with Gasteiger partial charge in [-0.15, -0.1) is 0 Å². The molecule has 1 spiro atoms. The molecule has 0 amide bonds. The monoisotopic (exact) mass is 125 g/mol. The molecule has 52 valence electrons. The predicted octanol–water partition coefficient (Wildman–Crippen LogP) is 1.54. The Morgan fingerprint density at radius 3 is 2.22 bits per heavy atom. The van der Waals surface area contributed by atoms with Crippen molar-refractivity contribution in [2.24, 2.45) is 5.41 Å². The third kappa shape index (κ3) is 0.644. The molecule has 0 bridgehead atoms. The number of rotatable bonds is 0. The summed E-state index contributed by atoms with van der Waals surface area (Å²) in [5.41, 5.74) is 0.764. The van der Waals surface area contributed by atoms with E-state index in [0.29, 0.717) is 0 Å². The van der Waals surface area contributed by atoms with Crippen molar-refractivity contribution >= 4 is 0 Å². The zero-order valence-corrected chi connectivity index (χ0v) is 6.11. The maximum absolute atomic E-state index is 3.44. The topological polar surface area (TPSA) is 12.0 Å². The van der Waals surface area contributed by atoms with E-state index >= 15 is 0 Å². The molecule has 1 heterocycles. The molecule has 2 rings (SSSR count). The van der Waals surface area contributed by atoms with Crippen molar-refractivity contribution in [1.82, 2.24) is 5.32 Å². The standard InChI is InChI=1S/C8H15N/c1-7-8(6-9-7)4-2-3-5-8/h7,9H,2-6H2,1H3. The summed E-state index contributed by atoms with van der Waals surface area (Å²) in [6.45, 7) is 3.63. The summed E-state index contributed by atoms with van der Waals surface area (Å²) in [7, 11) is 0. The molecule has 1 aliphatic carbocycles. The molecular formula is C8H15N. The molecular weight excluding hydrogens is 110 g/mol. The van der Waals surface area contributed by atoms with Gasteiger partial charge < -0.3 is 5.32 Å². The van der Waals surface area contributed by atoms with Crippen LogP contribution in [0.15, 0.2) is 0 Å². The number of hydrogen-bond donors (Lipinski definition) is 1.